The predicted molar refractivity (Wildman–Crippen MR) is 117 cm³/mol. The number of aromatic hydroxyl groups is 1. The molecule has 0 spiro atoms. The molecule has 28 heavy (non-hydrogen) atoms. The van der Waals surface area contributed by atoms with Gasteiger partial charge in [-0.1, -0.05) is 41.5 Å². The van der Waals surface area contributed by atoms with Crippen molar-refractivity contribution in [3.05, 3.63) is 28.8 Å². The van der Waals surface area contributed by atoms with Crippen molar-refractivity contribution < 1.29 is 14.6 Å². The minimum Gasteiger partial charge on any atom is -0.507 e. The Labute approximate surface area is 171 Å². The lowest BCUT2D eigenvalue weighted by Gasteiger charge is -2.34. The smallest absolute Gasteiger partial charge is 0.247 e. The standard InChI is InChI=1S/C22H34N2O3S/c1-21(2,3)17-11-16(12-18(20(17)26)22(4,5)6)13-28-14-19(25)24(15-28)23-7-9-27-10-8-23/h11-13,26H,7-10,14-15H2,1-6H3. The van der Waals surface area contributed by atoms with Crippen LogP contribution < -0.4 is 0 Å². The van der Waals surface area contributed by atoms with Gasteiger partial charge in [-0.05, 0) is 33.9 Å². The Bertz CT molecular complexity index is 749. The van der Waals surface area contributed by atoms with Gasteiger partial charge in [0.05, 0.1) is 24.8 Å². The van der Waals surface area contributed by atoms with E-state index in [1.54, 1.807) is 0 Å². The zero-order valence-electron chi connectivity index (χ0n) is 18.0. The van der Waals surface area contributed by atoms with Crippen molar-refractivity contribution in [2.45, 2.75) is 52.4 Å². The molecular formula is C22H34N2O3S. The number of benzene rings is 1. The summed E-state index contributed by atoms with van der Waals surface area (Å²) < 4.78 is 5.41. The highest BCUT2D eigenvalue weighted by atomic mass is 32.2. The number of nitrogens with zero attached hydrogens (tertiary/aromatic N) is 2. The fourth-order valence-electron chi connectivity index (χ4n) is 3.68. The van der Waals surface area contributed by atoms with Crippen molar-refractivity contribution in [3.63, 3.8) is 0 Å². The molecule has 2 aliphatic heterocycles. The van der Waals surface area contributed by atoms with Gasteiger partial charge < -0.3 is 9.84 Å². The Morgan fingerprint density at radius 2 is 1.57 bits per heavy atom. The summed E-state index contributed by atoms with van der Waals surface area (Å²) in [6.07, 6.45) is 0. The van der Waals surface area contributed by atoms with E-state index in [0.717, 1.165) is 35.7 Å². The lowest BCUT2D eigenvalue weighted by Crippen LogP contribution is -2.49. The summed E-state index contributed by atoms with van der Waals surface area (Å²) in [6, 6.07) is 4.19. The Morgan fingerprint density at radius 3 is 2.07 bits per heavy atom. The number of phenolic OH excluding ortho intramolecular Hbond substituents is 1. The van der Waals surface area contributed by atoms with Gasteiger partial charge in [0.15, 0.2) is 0 Å². The van der Waals surface area contributed by atoms with Crippen molar-refractivity contribution in [2.75, 3.05) is 37.9 Å². The minimum atomic E-state index is -0.150. The van der Waals surface area contributed by atoms with E-state index in [2.05, 4.69) is 64.1 Å². The monoisotopic (exact) mass is 406 g/mol. The summed E-state index contributed by atoms with van der Waals surface area (Å²) in [6.45, 7) is 15.7. The van der Waals surface area contributed by atoms with Crippen LogP contribution in [-0.4, -0.2) is 64.3 Å². The Balaban J connectivity index is 1.94. The van der Waals surface area contributed by atoms with Gasteiger partial charge in [0.2, 0.25) is 5.91 Å². The van der Waals surface area contributed by atoms with Crippen LogP contribution >= 0.6 is 10.5 Å². The largest absolute Gasteiger partial charge is 0.507 e. The number of hydrogen-bond donors (Lipinski definition) is 1. The number of hydrazine groups is 1. The van der Waals surface area contributed by atoms with Crippen LogP contribution in [0.25, 0.3) is 0 Å². The summed E-state index contributed by atoms with van der Waals surface area (Å²) in [5.74, 6) is 1.91. The third-order valence-corrected chi connectivity index (χ3v) is 7.06. The maximum Gasteiger partial charge on any atom is 0.247 e. The molecule has 2 saturated heterocycles. The number of amides is 1. The molecule has 2 aliphatic rings. The predicted octanol–water partition coefficient (Wildman–Crippen LogP) is 3.45. The molecule has 0 saturated carbocycles. The molecule has 1 amide bonds. The van der Waals surface area contributed by atoms with Crippen LogP contribution in [0.3, 0.4) is 0 Å². The normalized spacial score (nSPS) is 22.3. The van der Waals surface area contributed by atoms with Gasteiger partial charge >= 0.3 is 0 Å². The SMILES string of the molecule is CC(C)(C)c1cc(C=S2CC(=O)N(N3CCOCC3)C2)cc(C(C)(C)C)c1O. The molecule has 1 unspecified atom stereocenters. The molecule has 0 aliphatic carbocycles. The molecule has 5 nitrogen and oxygen atoms in total. The van der Waals surface area contributed by atoms with E-state index in [1.165, 1.54) is 0 Å². The van der Waals surface area contributed by atoms with Gasteiger partial charge in [0.25, 0.3) is 0 Å². The minimum absolute atomic E-state index is 0.130. The highest BCUT2D eigenvalue weighted by Gasteiger charge is 2.31. The average molecular weight is 407 g/mol. The quantitative estimate of drug-likeness (QED) is 0.765. The maximum atomic E-state index is 12.6. The molecule has 1 aromatic carbocycles. The van der Waals surface area contributed by atoms with Gasteiger partial charge in [0.1, 0.15) is 5.75 Å². The van der Waals surface area contributed by atoms with Crippen LogP contribution in [-0.2, 0) is 20.4 Å². The lowest BCUT2D eigenvalue weighted by molar-refractivity contribution is -0.149. The van der Waals surface area contributed by atoms with Crippen molar-refractivity contribution in [3.8, 4) is 5.75 Å². The van der Waals surface area contributed by atoms with Crippen LogP contribution in [0.1, 0.15) is 58.2 Å². The first kappa shape index (κ1) is 21.3. The van der Waals surface area contributed by atoms with Crippen LogP contribution in [0.5, 0.6) is 5.75 Å². The van der Waals surface area contributed by atoms with E-state index >= 15 is 0 Å². The molecule has 156 valence electrons. The zero-order chi connectivity index (χ0) is 20.7. The van der Waals surface area contributed by atoms with Crippen molar-refractivity contribution in [2.24, 2.45) is 0 Å². The van der Waals surface area contributed by atoms with E-state index in [4.69, 9.17) is 4.74 Å². The van der Waals surface area contributed by atoms with Crippen molar-refractivity contribution in [1.82, 2.24) is 10.0 Å². The van der Waals surface area contributed by atoms with Crippen LogP contribution in [0.2, 0.25) is 0 Å². The summed E-state index contributed by atoms with van der Waals surface area (Å²) in [5, 5.41) is 17.2. The molecule has 0 radical (unpaired) electrons. The fourth-order valence-corrected chi connectivity index (χ4v) is 5.54. The Hall–Kier alpha value is -1.37. The highest BCUT2D eigenvalue weighted by molar-refractivity contribution is 8.16. The second-order valence-electron chi connectivity index (χ2n) is 9.75. The average Bonchev–Trinajstić information content (AvgIpc) is 2.95. The Kier molecular flexibility index (Phi) is 5.95. The van der Waals surface area contributed by atoms with Crippen molar-refractivity contribution >= 4 is 21.8 Å². The molecular weight excluding hydrogens is 372 g/mol. The van der Waals surface area contributed by atoms with E-state index in [9.17, 15) is 9.90 Å². The first-order chi connectivity index (χ1) is 13.0. The van der Waals surface area contributed by atoms with E-state index in [-0.39, 0.29) is 27.2 Å². The van der Waals surface area contributed by atoms with Gasteiger partial charge in [-0.3, -0.25) is 9.80 Å². The number of hydrogen-bond acceptors (Lipinski definition) is 4. The fraction of sp³-hybridized carbons (Fsp3) is 0.636. The number of carbonyl (C=O) groups is 1. The third kappa shape index (κ3) is 4.61. The maximum absolute atomic E-state index is 12.6. The number of phenols is 1. The third-order valence-electron chi connectivity index (χ3n) is 5.26. The summed E-state index contributed by atoms with van der Waals surface area (Å²) in [5.41, 5.74) is 2.73. The molecule has 1 atom stereocenters. The first-order valence-corrected chi connectivity index (χ1v) is 11.6. The molecule has 6 heteroatoms. The molecule has 1 N–H and O–H groups in total. The number of morpholine rings is 1. The zero-order valence-corrected chi connectivity index (χ0v) is 18.9. The topological polar surface area (TPSA) is 53.0 Å². The van der Waals surface area contributed by atoms with Crippen LogP contribution in [0.4, 0.5) is 0 Å². The van der Waals surface area contributed by atoms with Crippen LogP contribution in [0.15, 0.2) is 12.1 Å². The molecule has 0 bridgehead atoms. The van der Waals surface area contributed by atoms with Gasteiger partial charge in [-0.15, -0.1) is 0 Å². The molecule has 1 aromatic rings. The lowest BCUT2D eigenvalue weighted by atomic mass is 9.78. The molecule has 3 rings (SSSR count). The van der Waals surface area contributed by atoms with Gasteiger partial charge in [-0.2, -0.15) is 10.5 Å². The number of rotatable bonds is 2. The van der Waals surface area contributed by atoms with Gasteiger partial charge in [-0.25, -0.2) is 5.01 Å². The molecule has 2 fully saturated rings. The first-order valence-electron chi connectivity index (χ1n) is 9.99. The molecule has 2 heterocycles. The Morgan fingerprint density at radius 1 is 1.04 bits per heavy atom. The summed E-state index contributed by atoms with van der Waals surface area (Å²) in [7, 11) is -0.130. The van der Waals surface area contributed by atoms with Gasteiger partial charge in [0, 0.05) is 24.2 Å². The highest BCUT2D eigenvalue weighted by Crippen LogP contribution is 2.40. The van der Waals surface area contributed by atoms with E-state index in [1.807, 2.05) is 5.01 Å². The molecule has 0 aromatic heterocycles. The number of carbonyl (C=O) groups excluding carboxylic acids is 1. The second kappa shape index (κ2) is 7.81. The van der Waals surface area contributed by atoms with Crippen molar-refractivity contribution in [1.29, 1.82) is 0 Å². The summed E-state index contributed by atoms with van der Waals surface area (Å²) >= 11 is 0. The van der Waals surface area contributed by atoms with E-state index in [0.29, 0.717) is 24.7 Å². The van der Waals surface area contributed by atoms with E-state index < -0.39 is 0 Å². The summed E-state index contributed by atoms with van der Waals surface area (Å²) in [4.78, 5) is 12.6. The second-order valence-corrected chi connectivity index (χ2v) is 11.6. The van der Waals surface area contributed by atoms with Crippen LogP contribution in [0, 0.1) is 0 Å². The number of ether oxygens (including phenoxy) is 1.